The van der Waals surface area contributed by atoms with Crippen LogP contribution >= 0.6 is 0 Å². The van der Waals surface area contributed by atoms with Crippen LogP contribution in [-0.4, -0.2) is 80.2 Å². The molecule has 150 valence electrons. The Morgan fingerprint density at radius 1 is 0.640 bits per heavy atom. The third-order valence-electron chi connectivity index (χ3n) is 1.68. The average Bonchev–Trinajstić information content (AvgIpc) is 2.47. The second-order valence-electron chi connectivity index (χ2n) is 4.51. The highest BCUT2D eigenvalue weighted by molar-refractivity contribution is 5.73. The molecule has 25 heavy (non-hydrogen) atoms. The molecular formula is C12H28N4O9. The van der Waals surface area contributed by atoms with Crippen molar-refractivity contribution in [2.24, 2.45) is 22.9 Å². The van der Waals surface area contributed by atoms with Crippen molar-refractivity contribution in [2.45, 2.75) is 44.9 Å². The molecule has 0 aromatic carbocycles. The van der Waals surface area contributed by atoms with E-state index in [0.717, 1.165) is 0 Å². The summed E-state index contributed by atoms with van der Waals surface area (Å²) in [7, 11) is 0. The smallest absolute Gasteiger partial charge is 0.322 e. The second kappa shape index (κ2) is 18.0. The molecule has 0 unspecified atom stereocenters. The summed E-state index contributed by atoms with van der Waals surface area (Å²) in [6.45, 7) is 3.75. The van der Waals surface area contributed by atoms with Gasteiger partial charge in [-0.3, -0.25) is 19.2 Å². The summed E-state index contributed by atoms with van der Waals surface area (Å²) in [6, 6.07) is -3.32. The molecule has 0 aliphatic rings. The molecule has 0 aliphatic heterocycles. The number of hydrogen-bond acceptors (Lipinski definition) is 9. The summed E-state index contributed by atoms with van der Waals surface area (Å²) in [6.07, 6.45) is 0. The van der Waals surface area contributed by atoms with E-state index in [-0.39, 0.29) is 0 Å². The number of hydrogen-bond donors (Lipinski definition) is 9. The molecule has 13 nitrogen and oxygen atoms in total. The molecule has 0 amide bonds. The van der Waals surface area contributed by atoms with Crippen LogP contribution in [0.25, 0.3) is 0 Å². The van der Waals surface area contributed by atoms with Crippen LogP contribution in [0.3, 0.4) is 0 Å². The van der Waals surface area contributed by atoms with Gasteiger partial charge in [-0.05, 0) is 20.8 Å². The Hall–Kier alpha value is -2.32. The maximum absolute atomic E-state index is 9.65. The first kappa shape index (κ1) is 30.5. The van der Waals surface area contributed by atoms with Crippen LogP contribution in [0.1, 0.15) is 20.8 Å². The van der Waals surface area contributed by atoms with Crippen LogP contribution in [0.4, 0.5) is 0 Å². The fourth-order valence-electron chi connectivity index (χ4n) is 0.0781. The van der Waals surface area contributed by atoms with Gasteiger partial charge in [-0.15, -0.1) is 0 Å². The Morgan fingerprint density at radius 2 is 0.800 bits per heavy atom. The van der Waals surface area contributed by atoms with E-state index in [0.29, 0.717) is 0 Å². The van der Waals surface area contributed by atoms with Gasteiger partial charge in [0.15, 0.2) is 0 Å². The topological polar surface area (TPSA) is 274 Å². The molecular weight excluding hydrogens is 344 g/mol. The van der Waals surface area contributed by atoms with E-state index in [1.807, 2.05) is 0 Å². The van der Waals surface area contributed by atoms with Gasteiger partial charge in [0.1, 0.15) is 24.2 Å². The van der Waals surface area contributed by atoms with Gasteiger partial charge in [0.2, 0.25) is 0 Å². The lowest BCUT2D eigenvalue weighted by atomic mass is 10.3. The van der Waals surface area contributed by atoms with Gasteiger partial charge in [0.25, 0.3) is 0 Å². The number of aliphatic hydroxyl groups excluding tert-OH is 1. The molecule has 0 saturated carbocycles. The van der Waals surface area contributed by atoms with Gasteiger partial charge in [0, 0.05) is 0 Å². The number of carbonyl (C=O) groups is 4. The predicted molar refractivity (Wildman–Crippen MR) is 86.6 cm³/mol. The maximum atomic E-state index is 9.65. The SMILES string of the molecule is C[C@H](N)C(=O)O.C[C@H](N)C(=O)O.C[C@H](N)C(=O)O.N[C@@H](CO)C(=O)O. The van der Waals surface area contributed by atoms with Crippen molar-refractivity contribution in [1.82, 2.24) is 0 Å². The summed E-state index contributed by atoms with van der Waals surface area (Å²) in [5.41, 5.74) is 19.3. The Balaban J connectivity index is -0.000000118. The van der Waals surface area contributed by atoms with Crippen molar-refractivity contribution < 1.29 is 44.7 Å². The molecule has 0 aromatic heterocycles. The van der Waals surface area contributed by atoms with Crippen LogP contribution in [-0.2, 0) is 19.2 Å². The first-order valence-electron chi connectivity index (χ1n) is 6.66. The first-order valence-corrected chi connectivity index (χ1v) is 6.66. The normalized spacial score (nSPS) is 13.6. The largest absolute Gasteiger partial charge is 0.480 e. The van der Waals surface area contributed by atoms with E-state index in [2.05, 4.69) is 0 Å². The Bertz CT molecular complexity index is 357. The third-order valence-corrected chi connectivity index (χ3v) is 1.68. The van der Waals surface area contributed by atoms with Gasteiger partial charge in [-0.25, -0.2) is 0 Å². The van der Waals surface area contributed by atoms with Crippen molar-refractivity contribution in [2.75, 3.05) is 6.61 Å². The minimum absolute atomic E-state index is 0.505. The Morgan fingerprint density at radius 3 is 0.800 bits per heavy atom. The van der Waals surface area contributed by atoms with E-state index in [9.17, 15) is 19.2 Å². The quantitative estimate of drug-likeness (QED) is 0.228. The first-order chi connectivity index (χ1) is 11.1. The maximum Gasteiger partial charge on any atom is 0.322 e. The number of carboxylic acid groups (broad SMARTS) is 4. The molecule has 0 rings (SSSR count). The highest BCUT2D eigenvalue weighted by Crippen LogP contribution is 1.71. The molecule has 0 bridgehead atoms. The summed E-state index contributed by atoms with van der Waals surface area (Å²) < 4.78 is 0. The summed E-state index contributed by atoms with van der Waals surface area (Å²) >= 11 is 0. The Kier molecular flexibility index (Phi) is 22.0. The van der Waals surface area contributed by atoms with E-state index in [1.54, 1.807) is 0 Å². The fraction of sp³-hybridized carbons (Fsp3) is 0.667. The van der Waals surface area contributed by atoms with Crippen molar-refractivity contribution in [3.8, 4) is 0 Å². The molecule has 0 saturated heterocycles. The van der Waals surface area contributed by atoms with Crippen molar-refractivity contribution in [3.63, 3.8) is 0 Å². The van der Waals surface area contributed by atoms with E-state index >= 15 is 0 Å². The Labute approximate surface area is 144 Å². The zero-order chi connectivity index (χ0) is 21.3. The summed E-state index contributed by atoms with van der Waals surface area (Å²) in [5, 5.41) is 39.5. The highest BCUT2D eigenvalue weighted by atomic mass is 16.4. The third kappa shape index (κ3) is 34.2. The van der Waals surface area contributed by atoms with Crippen LogP contribution in [0.2, 0.25) is 0 Å². The minimum Gasteiger partial charge on any atom is -0.480 e. The average molecular weight is 372 g/mol. The number of aliphatic carboxylic acids is 4. The molecule has 4 atom stereocenters. The minimum atomic E-state index is -1.18. The molecule has 0 heterocycles. The van der Waals surface area contributed by atoms with E-state index in [4.69, 9.17) is 48.5 Å². The monoisotopic (exact) mass is 372 g/mol. The number of aliphatic hydroxyl groups is 1. The molecule has 0 aromatic rings. The van der Waals surface area contributed by atoms with Gasteiger partial charge < -0.3 is 48.5 Å². The lowest BCUT2D eigenvalue weighted by Gasteiger charge is -1.96. The zero-order valence-corrected chi connectivity index (χ0v) is 14.2. The summed E-state index contributed by atoms with van der Waals surface area (Å²) in [5.74, 6) is -4.07. The molecule has 0 fully saturated rings. The highest BCUT2D eigenvalue weighted by Gasteiger charge is 2.07. The number of nitrogens with two attached hydrogens (primary N) is 4. The van der Waals surface area contributed by atoms with E-state index in [1.165, 1.54) is 20.8 Å². The molecule has 0 radical (unpaired) electrons. The second-order valence-corrected chi connectivity index (χ2v) is 4.51. The lowest BCUT2D eigenvalue weighted by molar-refractivity contribution is -0.140. The van der Waals surface area contributed by atoms with Crippen LogP contribution < -0.4 is 22.9 Å². The van der Waals surface area contributed by atoms with Crippen molar-refractivity contribution in [1.29, 1.82) is 0 Å². The molecule has 13 heteroatoms. The lowest BCUT2D eigenvalue weighted by Crippen LogP contribution is -2.33. The van der Waals surface area contributed by atoms with Gasteiger partial charge in [-0.1, -0.05) is 0 Å². The van der Waals surface area contributed by atoms with Crippen molar-refractivity contribution in [3.05, 3.63) is 0 Å². The molecule has 0 spiro atoms. The van der Waals surface area contributed by atoms with Gasteiger partial charge in [-0.2, -0.15) is 0 Å². The summed E-state index contributed by atoms with van der Waals surface area (Å²) in [4.78, 5) is 38.4. The van der Waals surface area contributed by atoms with Crippen LogP contribution in [0, 0.1) is 0 Å². The van der Waals surface area contributed by atoms with Crippen LogP contribution in [0.5, 0.6) is 0 Å². The predicted octanol–water partition coefficient (Wildman–Crippen LogP) is -3.35. The fourth-order valence-corrected chi connectivity index (χ4v) is 0.0781. The van der Waals surface area contributed by atoms with E-state index < -0.39 is 54.7 Å². The van der Waals surface area contributed by atoms with Gasteiger partial charge >= 0.3 is 23.9 Å². The molecule has 0 aliphatic carbocycles. The van der Waals surface area contributed by atoms with Crippen LogP contribution in [0.15, 0.2) is 0 Å². The molecule has 13 N–H and O–H groups in total. The number of carboxylic acids is 4. The van der Waals surface area contributed by atoms with Crippen molar-refractivity contribution >= 4 is 23.9 Å². The van der Waals surface area contributed by atoms with Gasteiger partial charge in [0.05, 0.1) is 6.61 Å². The standard InChI is InChI=1S/C3H7NO3.3C3H7NO2/c4-2(1-5)3(6)7;3*1-2(4)3(5)6/h2,5H,1,4H2,(H,6,7);3*2H,4H2,1H3,(H,5,6)/t4*2-/m0000/s1. The zero-order valence-electron chi connectivity index (χ0n) is 14.2. The number of rotatable bonds is 5.